The second kappa shape index (κ2) is 12.1. The molecule has 1 aliphatic carbocycles. The predicted molar refractivity (Wildman–Crippen MR) is 145 cm³/mol. The standard InChI is InChI=1S/C26H46N3O5PS/c1-17(2)22-15-23(18(3)4)25(24(16-22)19(5)6)36(31,32)29-28-27-26(13-11-12-14-26)35(30,33-20(7)8)34-21(9)10/h15-21H,11-14H2,1-10H3,(H,27,29). The van der Waals surface area contributed by atoms with Crippen LogP contribution >= 0.6 is 7.60 Å². The van der Waals surface area contributed by atoms with E-state index in [1.807, 2.05) is 39.8 Å². The molecule has 206 valence electrons. The fourth-order valence-electron chi connectivity index (χ4n) is 4.56. The Balaban J connectivity index is 2.55. The number of sulfonamides is 1. The molecule has 8 nitrogen and oxygen atoms in total. The maximum Gasteiger partial charge on any atom is 0.360 e. The Bertz CT molecular complexity index is 1030. The number of hydrogen-bond acceptors (Lipinski definition) is 7. The van der Waals surface area contributed by atoms with Crippen molar-refractivity contribution < 1.29 is 22.0 Å². The first kappa shape index (κ1) is 30.9. The molecule has 1 aromatic carbocycles. The Morgan fingerprint density at radius 3 is 1.64 bits per heavy atom. The first-order valence-corrected chi connectivity index (χ1v) is 16.2. The number of benzene rings is 1. The number of nitrogens with one attached hydrogen (secondary N) is 1. The quantitative estimate of drug-likeness (QED) is 0.163. The summed E-state index contributed by atoms with van der Waals surface area (Å²) in [7, 11) is -7.77. The second-order valence-corrected chi connectivity index (χ2v) is 15.1. The molecule has 1 fully saturated rings. The molecular weight excluding hydrogens is 497 g/mol. The lowest BCUT2D eigenvalue weighted by Crippen LogP contribution is -2.29. The van der Waals surface area contributed by atoms with Crippen LogP contribution in [0.25, 0.3) is 0 Å². The molecule has 0 aliphatic heterocycles. The summed E-state index contributed by atoms with van der Waals surface area (Å²) >= 11 is 0. The van der Waals surface area contributed by atoms with E-state index in [-0.39, 0.29) is 34.9 Å². The summed E-state index contributed by atoms with van der Waals surface area (Å²) < 4.78 is 53.0. The lowest BCUT2D eigenvalue weighted by atomic mass is 9.89. The minimum Gasteiger partial charge on any atom is -0.304 e. The molecule has 1 aliphatic rings. The van der Waals surface area contributed by atoms with E-state index >= 15 is 0 Å². The molecule has 0 aromatic heterocycles. The molecule has 0 radical (unpaired) electrons. The normalized spacial score (nSPS) is 17.0. The number of hydrogen-bond donors (Lipinski definition) is 1. The Morgan fingerprint density at radius 2 is 1.28 bits per heavy atom. The first-order valence-electron chi connectivity index (χ1n) is 13.1. The van der Waals surface area contributed by atoms with Crippen LogP contribution < -0.4 is 4.83 Å². The summed E-state index contributed by atoms with van der Waals surface area (Å²) in [6, 6.07) is 3.96. The minimum atomic E-state index is -4.05. The van der Waals surface area contributed by atoms with Gasteiger partial charge in [0.2, 0.25) is 0 Å². The van der Waals surface area contributed by atoms with Crippen molar-refractivity contribution in [2.75, 3.05) is 0 Å². The molecule has 0 spiro atoms. The largest absolute Gasteiger partial charge is 0.360 e. The van der Waals surface area contributed by atoms with Crippen molar-refractivity contribution in [3.05, 3.63) is 28.8 Å². The molecule has 0 saturated heterocycles. The Hall–Kier alpha value is -1.28. The van der Waals surface area contributed by atoms with Crippen molar-refractivity contribution in [2.45, 2.75) is 135 Å². The zero-order valence-corrected chi connectivity index (χ0v) is 25.4. The molecule has 0 unspecified atom stereocenters. The first-order chi connectivity index (χ1) is 16.5. The van der Waals surface area contributed by atoms with Gasteiger partial charge in [0.1, 0.15) is 0 Å². The third-order valence-electron chi connectivity index (χ3n) is 6.36. The molecule has 0 atom stereocenters. The smallest absolute Gasteiger partial charge is 0.304 e. The zero-order chi connectivity index (χ0) is 27.5. The zero-order valence-electron chi connectivity index (χ0n) is 23.7. The molecular formula is C26H46N3O5PS. The van der Waals surface area contributed by atoms with Crippen LogP contribution in [0.3, 0.4) is 0 Å². The maximum absolute atomic E-state index is 14.0. The van der Waals surface area contributed by atoms with Gasteiger partial charge in [-0.25, -0.2) is 0 Å². The molecule has 36 heavy (non-hydrogen) atoms. The molecule has 2 rings (SSSR count). The monoisotopic (exact) mass is 543 g/mol. The van der Waals surface area contributed by atoms with Crippen LogP contribution in [0.15, 0.2) is 27.4 Å². The molecule has 0 bridgehead atoms. The van der Waals surface area contributed by atoms with E-state index < -0.39 is 22.9 Å². The fraction of sp³-hybridized carbons (Fsp3) is 0.769. The van der Waals surface area contributed by atoms with Crippen molar-refractivity contribution in [2.24, 2.45) is 10.3 Å². The van der Waals surface area contributed by atoms with Gasteiger partial charge in [0, 0.05) is 0 Å². The van der Waals surface area contributed by atoms with Gasteiger partial charge < -0.3 is 9.05 Å². The molecule has 1 saturated carbocycles. The SMILES string of the molecule is CC(C)OP(=O)(OC(C)C)C1(/N=N/NS(=O)(=O)c2c(C(C)C)cc(C(C)C)cc2C(C)C)CCCC1. The van der Waals surface area contributed by atoms with E-state index in [4.69, 9.17) is 9.05 Å². The number of rotatable bonds is 12. The van der Waals surface area contributed by atoms with Crippen LogP contribution in [0.1, 0.15) is 129 Å². The molecule has 10 heteroatoms. The van der Waals surface area contributed by atoms with Crippen LogP contribution in [0.5, 0.6) is 0 Å². The molecule has 1 N–H and O–H groups in total. The summed E-state index contributed by atoms with van der Waals surface area (Å²) in [4.78, 5) is 2.59. The van der Waals surface area contributed by atoms with Gasteiger partial charge in [-0.1, -0.05) is 71.7 Å². The Kier molecular flexibility index (Phi) is 10.4. The summed E-state index contributed by atoms with van der Waals surface area (Å²) in [6.07, 6.45) is 1.77. The highest BCUT2D eigenvalue weighted by Crippen LogP contribution is 2.67. The van der Waals surface area contributed by atoms with E-state index in [2.05, 4.69) is 29.0 Å². The van der Waals surface area contributed by atoms with Gasteiger partial charge in [0.25, 0.3) is 10.0 Å². The molecule has 0 amide bonds. The highest BCUT2D eigenvalue weighted by Gasteiger charge is 2.55. The van der Waals surface area contributed by atoms with Gasteiger partial charge >= 0.3 is 7.60 Å². The van der Waals surface area contributed by atoms with Gasteiger partial charge in [-0.3, -0.25) is 4.57 Å². The topological polar surface area (TPSA) is 106 Å². The fourth-order valence-corrected chi connectivity index (χ4v) is 8.58. The van der Waals surface area contributed by atoms with E-state index in [0.29, 0.717) is 12.8 Å². The van der Waals surface area contributed by atoms with E-state index in [0.717, 1.165) is 29.5 Å². The molecule has 1 aromatic rings. The highest BCUT2D eigenvalue weighted by atomic mass is 32.2. The van der Waals surface area contributed by atoms with Gasteiger partial charge in [0.05, 0.1) is 17.1 Å². The van der Waals surface area contributed by atoms with Crippen LogP contribution in [-0.2, 0) is 23.6 Å². The average molecular weight is 544 g/mol. The van der Waals surface area contributed by atoms with E-state index in [1.54, 1.807) is 27.7 Å². The predicted octanol–water partition coefficient (Wildman–Crippen LogP) is 8.02. The molecule has 0 heterocycles. The summed E-state index contributed by atoms with van der Waals surface area (Å²) in [5, 5.41) is 7.11. The Labute approximate surface area is 218 Å². The van der Waals surface area contributed by atoms with Crippen LogP contribution in [0.2, 0.25) is 0 Å². The van der Waals surface area contributed by atoms with Crippen LogP contribution in [-0.4, -0.2) is 25.9 Å². The average Bonchev–Trinajstić information content (AvgIpc) is 3.22. The third-order valence-corrected chi connectivity index (χ3v) is 10.6. The lowest BCUT2D eigenvalue weighted by molar-refractivity contribution is 0.125. The Morgan fingerprint density at radius 1 is 0.833 bits per heavy atom. The van der Waals surface area contributed by atoms with Crippen LogP contribution in [0.4, 0.5) is 0 Å². The summed E-state index contributed by atoms with van der Waals surface area (Å²) in [5.74, 6) is 0.248. The maximum atomic E-state index is 14.0. The minimum absolute atomic E-state index is 0.00927. The van der Waals surface area contributed by atoms with Gasteiger partial charge in [0.15, 0.2) is 5.28 Å². The van der Waals surface area contributed by atoms with Gasteiger partial charge in [-0.05, 0) is 75.0 Å². The highest BCUT2D eigenvalue weighted by molar-refractivity contribution is 7.89. The third kappa shape index (κ3) is 6.97. The van der Waals surface area contributed by atoms with Crippen molar-refractivity contribution in [3.8, 4) is 0 Å². The van der Waals surface area contributed by atoms with Crippen molar-refractivity contribution >= 4 is 17.6 Å². The number of nitrogens with zero attached hydrogens (tertiary/aromatic N) is 2. The van der Waals surface area contributed by atoms with Crippen molar-refractivity contribution in [3.63, 3.8) is 0 Å². The van der Waals surface area contributed by atoms with Crippen LogP contribution in [0, 0.1) is 0 Å². The summed E-state index contributed by atoms with van der Waals surface area (Å²) in [5.41, 5.74) is 2.60. The van der Waals surface area contributed by atoms with Gasteiger partial charge in [-0.2, -0.15) is 18.4 Å². The van der Waals surface area contributed by atoms with E-state index in [9.17, 15) is 13.0 Å². The lowest BCUT2D eigenvalue weighted by Gasteiger charge is -2.34. The second-order valence-electron chi connectivity index (χ2n) is 11.3. The summed E-state index contributed by atoms with van der Waals surface area (Å²) in [6.45, 7) is 19.3. The van der Waals surface area contributed by atoms with Crippen molar-refractivity contribution in [1.29, 1.82) is 0 Å². The van der Waals surface area contributed by atoms with Crippen molar-refractivity contribution in [1.82, 2.24) is 4.83 Å². The van der Waals surface area contributed by atoms with E-state index in [1.165, 1.54) is 0 Å². The van der Waals surface area contributed by atoms with Gasteiger partial charge in [-0.15, -0.1) is 0 Å².